The molecular formula is C28H29N3O6. The van der Waals surface area contributed by atoms with Gasteiger partial charge in [0.2, 0.25) is 0 Å². The normalized spacial score (nSPS) is 16.2. The van der Waals surface area contributed by atoms with Gasteiger partial charge >= 0.3 is 6.03 Å². The van der Waals surface area contributed by atoms with Gasteiger partial charge in [0.1, 0.15) is 24.7 Å². The lowest BCUT2D eigenvalue weighted by molar-refractivity contribution is -0.115. The number of nitrogens with zero attached hydrogens (tertiary/aromatic N) is 3. The molecule has 0 spiro atoms. The van der Waals surface area contributed by atoms with Gasteiger partial charge in [0.15, 0.2) is 11.5 Å². The molecule has 0 atom stereocenters. The van der Waals surface area contributed by atoms with Crippen LogP contribution in [0.3, 0.4) is 0 Å². The van der Waals surface area contributed by atoms with Gasteiger partial charge in [-0.3, -0.25) is 14.6 Å². The van der Waals surface area contributed by atoms with Gasteiger partial charge in [-0.2, -0.15) is 0 Å². The van der Waals surface area contributed by atoms with E-state index in [0.29, 0.717) is 41.0 Å². The first-order valence-electron chi connectivity index (χ1n) is 12.2. The van der Waals surface area contributed by atoms with Crippen LogP contribution < -0.4 is 24.0 Å². The summed E-state index contributed by atoms with van der Waals surface area (Å²) in [5.74, 6) is 2.09. The Kier molecular flexibility index (Phi) is 7.53. The van der Waals surface area contributed by atoms with Crippen molar-refractivity contribution in [3.8, 4) is 23.0 Å². The first kappa shape index (κ1) is 24.6. The number of anilines is 2. The van der Waals surface area contributed by atoms with Crippen molar-refractivity contribution in [1.29, 1.82) is 0 Å². The molecule has 0 bridgehead atoms. The summed E-state index contributed by atoms with van der Waals surface area (Å²) < 4.78 is 22.6. The van der Waals surface area contributed by atoms with Crippen LogP contribution in [0.1, 0.15) is 0 Å². The Morgan fingerprint density at radius 1 is 0.838 bits per heavy atom. The summed E-state index contributed by atoms with van der Waals surface area (Å²) in [5.41, 5.74) is 1.04. The zero-order valence-corrected chi connectivity index (χ0v) is 20.7. The fourth-order valence-corrected chi connectivity index (χ4v) is 4.30. The van der Waals surface area contributed by atoms with Crippen LogP contribution in [0.4, 0.5) is 16.2 Å². The summed E-state index contributed by atoms with van der Waals surface area (Å²) in [6.45, 7) is 4.49. The zero-order chi connectivity index (χ0) is 25.6. The second-order valence-electron chi connectivity index (χ2n) is 8.64. The summed E-state index contributed by atoms with van der Waals surface area (Å²) in [5, 5.41) is 0. The largest absolute Gasteiger partial charge is 0.493 e. The van der Waals surface area contributed by atoms with Gasteiger partial charge in [0.25, 0.3) is 5.91 Å². The van der Waals surface area contributed by atoms with E-state index < -0.39 is 6.03 Å². The van der Waals surface area contributed by atoms with Crippen molar-refractivity contribution in [2.45, 2.75) is 0 Å². The third-order valence-electron chi connectivity index (χ3n) is 6.27. The van der Waals surface area contributed by atoms with E-state index in [9.17, 15) is 9.59 Å². The number of carbonyl (C=O) groups is 2. The summed E-state index contributed by atoms with van der Waals surface area (Å²) in [6.07, 6.45) is 0. The number of rotatable bonds is 9. The molecule has 3 aromatic rings. The maximum atomic E-state index is 13.2. The molecule has 37 heavy (non-hydrogen) atoms. The number of imide groups is 1. The SMILES string of the molecule is COc1cc(N2CC(=O)N(c3ccc(Oc4ccccc4)cc3)C2=O)ccc1OCCN1CCOCC1. The van der Waals surface area contributed by atoms with E-state index in [1.807, 2.05) is 30.3 Å². The number of ether oxygens (including phenoxy) is 4. The van der Waals surface area contributed by atoms with Crippen molar-refractivity contribution >= 4 is 23.3 Å². The molecule has 2 saturated heterocycles. The molecule has 3 aromatic carbocycles. The molecule has 3 amide bonds. The predicted octanol–water partition coefficient (Wildman–Crippen LogP) is 4.17. The Balaban J connectivity index is 1.24. The van der Waals surface area contributed by atoms with Crippen molar-refractivity contribution in [1.82, 2.24) is 4.90 Å². The van der Waals surface area contributed by atoms with Crippen LogP contribution in [0.5, 0.6) is 23.0 Å². The van der Waals surface area contributed by atoms with Crippen molar-refractivity contribution < 1.29 is 28.5 Å². The van der Waals surface area contributed by atoms with Crippen molar-refractivity contribution in [3.05, 3.63) is 72.8 Å². The fourth-order valence-electron chi connectivity index (χ4n) is 4.30. The standard InChI is InChI=1S/C28H29N3O6/c1-34-26-19-22(9-12-25(26)36-18-15-29-13-16-35-17-14-29)30-20-27(32)31(28(30)33)21-7-10-24(11-8-21)37-23-5-3-2-4-6-23/h2-12,19H,13-18,20H2,1H3. The Morgan fingerprint density at radius 3 is 2.27 bits per heavy atom. The average molecular weight is 504 g/mol. The highest BCUT2D eigenvalue weighted by Gasteiger charge is 2.38. The monoisotopic (exact) mass is 503 g/mol. The highest BCUT2D eigenvalue weighted by molar-refractivity contribution is 6.27. The summed E-state index contributed by atoms with van der Waals surface area (Å²) in [6, 6.07) is 21.1. The molecule has 2 fully saturated rings. The van der Waals surface area contributed by atoms with Crippen LogP contribution >= 0.6 is 0 Å². The smallest absolute Gasteiger partial charge is 0.336 e. The molecule has 0 saturated carbocycles. The number of para-hydroxylation sites is 1. The lowest BCUT2D eigenvalue weighted by Gasteiger charge is -2.26. The molecule has 9 heteroatoms. The maximum absolute atomic E-state index is 13.2. The average Bonchev–Trinajstić information content (AvgIpc) is 3.24. The summed E-state index contributed by atoms with van der Waals surface area (Å²) >= 11 is 0. The molecule has 0 radical (unpaired) electrons. The number of methoxy groups -OCH3 is 1. The van der Waals surface area contributed by atoms with E-state index in [0.717, 1.165) is 32.8 Å². The minimum Gasteiger partial charge on any atom is -0.493 e. The number of urea groups is 1. The number of hydrogen-bond donors (Lipinski definition) is 0. The van der Waals surface area contributed by atoms with Gasteiger partial charge < -0.3 is 18.9 Å². The van der Waals surface area contributed by atoms with E-state index in [1.165, 1.54) is 9.80 Å². The van der Waals surface area contributed by atoms with Crippen molar-refractivity contribution in [2.24, 2.45) is 0 Å². The second-order valence-corrected chi connectivity index (χ2v) is 8.64. The summed E-state index contributed by atoms with van der Waals surface area (Å²) in [7, 11) is 1.55. The zero-order valence-electron chi connectivity index (χ0n) is 20.7. The lowest BCUT2D eigenvalue weighted by Crippen LogP contribution is -2.38. The van der Waals surface area contributed by atoms with Gasteiger partial charge in [-0.25, -0.2) is 9.69 Å². The molecule has 0 N–H and O–H groups in total. The molecule has 2 aliphatic rings. The molecule has 0 unspecified atom stereocenters. The van der Waals surface area contributed by atoms with Gasteiger partial charge in [-0.15, -0.1) is 0 Å². The number of amides is 3. The van der Waals surface area contributed by atoms with Crippen LogP contribution in [0.2, 0.25) is 0 Å². The molecule has 0 aromatic heterocycles. The molecule has 0 aliphatic carbocycles. The Labute approximate surface area is 215 Å². The van der Waals surface area contributed by atoms with Crippen LogP contribution in [0, 0.1) is 0 Å². The Bertz CT molecular complexity index is 1230. The van der Waals surface area contributed by atoms with E-state index >= 15 is 0 Å². The summed E-state index contributed by atoms with van der Waals surface area (Å²) in [4.78, 5) is 30.9. The number of hydrogen-bond acceptors (Lipinski definition) is 7. The minimum atomic E-state index is -0.426. The van der Waals surface area contributed by atoms with Gasteiger partial charge in [0, 0.05) is 31.4 Å². The van der Waals surface area contributed by atoms with Gasteiger partial charge in [-0.05, 0) is 48.5 Å². The maximum Gasteiger partial charge on any atom is 0.336 e. The predicted molar refractivity (Wildman–Crippen MR) is 139 cm³/mol. The van der Waals surface area contributed by atoms with Crippen molar-refractivity contribution in [3.63, 3.8) is 0 Å². The van der Waals surface area contributed by atoms with Crippen LogP contribution in [0.25, 0.3) is 0 Å². The first-order chi connectivity index (χ1) is 18.1. The van der Waals surface area contributed by atoms with Crippen molar-refractivity contribution in [2.75, 3.05) is 62.9 Å². The molecular weight excluding hydrogens is 474 g/mol. The Morgan fingerprint density at radius 2 is 1.54 bits per heavy atom. The van der Waals surface area contributed by atoms with Crippen LogP contribution in [-0.4, -0.2) is 69.9 Å². The highest BCUT2D eigenvalue weighted by atomic mass is 16.5. The topological polar surface area (TPSA) is 80.8 Å². The molecule has 9 nitrogen and oxygen atoms in total. The third-order valence-corrected chi connectivity index (χ3v) is 6.27. The first-order valence-corrected chi connectivity index (χ1v) is 12.2. The lowest BCUT2D eigenvalue weighted by atomic mass is 10.2. The van der Waals surface area contributed by atoms with Gasteiger partial charge in [-0.1, -0.05) is 18.2 Å². The molecule has 2 aliphatic heterocycles. The Hall–Kier alpha value is -4.08. The van der Waals surface area contributed by atoms with Crippen LogP contribution in [-0.2, 0) is 9.53 Å². The molecule has 2 heterocycles. The number of carbonyl (C=O) groups excluding carboxylic acids is 2. The van der Waals surface area contributed by atoms with E-state index in [2.05, 4.69) is 4.90 Å². The quantitative estimate of drug-likeness (QED) is 0.406. The minimum absolute atomic E-state index is 0.0680. The fraction of sp³-hybridized carbons (Fsp3) is 0.286. The van der Waals surface area contributed by atoms with E-state index in [1.54, 1.807) is 49.6 Å². The second kappa shape index (κ2) is 11.3. The number of benzene rings is 3. The third kappa shape index (κ3) is 5.68. The van der Waals surface area contributed by atoms with E-state index in [4.69, 9.17) is 18.9 Å². The molecule has 5 rings (SSSR count). The molecule has 192 valence electrons. The van der Waals surface area contributed by atoms with E-state index in [-0.39, 0.29) is 12.5 Å². The number of morpholine rings is 1. The highest BCUT2D eigenvalue weighted by Crippen LogP contribution is 2.35. The van der Waals surface area contributed by atoms with Crippen LogP contribution in [0.15, 0.2) is 72.8 Å². The van der Waals surface area contributed by atoms with Gasteiger partial charge in [0.05, 0.1) is 26.0 Å².